The molecule has 0 spiro atoms. The standard InChI is InChI=1S/C15H23N3O2/c1-3-16-14-5-4-13(10-17-14)15(20)18-8-6-12(7-9-18)11(2)19/h4-5,10-12,19H,3,6-9H2,1-2H3,(H,16,17). The van der Waals surface area contributed by atoms with Crippen LogP contribution in [0.25, 0.3) is 0 Å². The first-order valence-electron chi connectivity index (χ1n) is 7.29. The number of rotatable bonds is 4. The van der Waals surface area contributed by atoms with E-state index in [4.69, 9.17) is 0 Å². The number of hydrogen-bond donors (Lipinski definition) is 2. The number of nitrogens with one attached hydrogen (secondary N) is 1. The van der Waals surface area contributed by atoms with Crippen molar-refractivity contribution < 1.29 is 9.90 Å². The molecule has 2 N–H and O–H groups in total. The second-order valence-corrected chi connectivity index (χ2v) is 5.33. The van der Waals surface area contributed by atoms with Gasteiger partial charge in [-0.1, -0.05) is 0 Å². The molecular formula is C15H23N3O2. The van der Waals surface area contributed by atoms with Crippen LogP contribution >= 0.6 is 0 Å². The largest absolute Gasteiger partial charge is 0.393 e. The van der Waals surface area contributed by atoms with Crippen molar-refractivity contribution in [1.82, 2.24) is 9.88 Å². The van der Waals surface area contributed by atoms with E-state index in [1.54, 1.807) is 6.20 Å². The first-order chi connectivity index (χ1) is 9.61. The predicted octanol–water partition coefficient (Wildman–Crippen LogP) is 1.75. The zero-order valence-corrected chi connectivity index (χ0v) is 12.2. The second kappa shape index (κ2) is 6.70. The summed E-state index contributed by atoms with van der Waals surface area (Å²) >= 11 is 0. The summed E-state index contributed by atoms with van der Waals surface area (Å²) < 4.78 is 0. The zero-order valence-electron chi connectivity index (χ0n) is 12.2. The summed E-state index contributed by atoms with van der Waals surface area (Å²) in [6.45, 7) is 6.07. The van der Waals surface area contributed by atoms with Crippen LogP contribution in [0, 0.1) is 5.92 Å². The maximum Gasteiger partial charge on any atom is 0.255 e. The zero-order chi connectivity index (χ0) is 14.5. The molecule has 1 saturated heterocycles. The van der Waals surface area contributed by atoms with Gasteiger partial charge in [-0.05, 0) is 44.7 Å². The van der Waals surface area contributed by atoms with Gasteiger partial charge in [-0.15, -0.1) is 0 Å². The van der Waals surface area contributed by atoms with Gasteiger partial charge in [-0.3, -0.25) is 4.79 Å². The van der Waals surface area contributed by atoms with E-state index in [0.29, 0.717) is 24.6 Å². The lowest BCUT2D eigenvalue weighted by Crippen LogP contribution is -2.40. The topological polar surface area (TPSA) is 65.5 Å². The van der Waals surface area contributed by atoms with Crippen molar-refractivity contribution in [2.45, 2.75) is 32.8 Å². The molecule has 1 aromatic heterocycles. The van der Waals surface area contributed by atoms with Crippen molar-refractivity contribution in [3.63, 3.8) is 0 Å². The molecule has 2 heterocycles. The monoisotopic (exact) mass is 277 g/mol. The Morgan fingerprint density at radius 2 is 2.20 bits per heavy atom. The third-order valence-electron chi connectivity index (χ3n) is 3.88. The van der Waals surface area contributed by atoms with Gasteiger partial charge in [-0.2, -0.15) is 0 Å². The first kappa shape index (κ1) is 14.8. The molecule has 1 aliphatic rings. The van der Waals surface area contributed by atoms with Gasteiger partial charge in [0.1, 0.15) is 5.82 Å². The Balaban J connectivity index is 1.94. The molecule has 0 aromatic carbocycles. The van der Waals surface area contributed by atoms with Crippen molar-refractivity contribution in [1.29, 1.82) is 0 Å². The van der Waals surface area contributed by atoms with Crippen molar-refractivity contribution in [2.24, 2.45) is 5.92 Å². The molecule has 0 saturated carbocycles. The summed E-state index contributed by atoms with van der Waals surface area (Å²) in [5.41, 5.74) is 0.627. The first-order valence-corrected chi connectivity index (χ1v) is 7.29. The number of aliphatic hydroxyl groups excluding tert-OH is 1. The fourth-order valence-corrected chi connectivity index (χ4v) is 2.57. The lowest BCUT2D eigenvalue weighted by Gasteiger charge is -2.33. The lowest BCUT2D eigenvalue weighted by molar-refractivity contribution is 0.0521. The van der Waals surface area contributed by atoms with Gasteiger partial charge in [0.2, 0.25) is 0 Å². The van der Waals surface area contributed by atoms with Gasteiger partial charge in [0.15, 0.2) is 0 Å². The molecule has 5 heteroatoms. The molecule has 5 nitrogen and oxygen atoms in total. The number of aliphatic hydroxyl groups is 1. The van der Waals surface area contributed by atoms with Crippen LogP contribution in [0.15, 0.2) is 18.3 Å². The highest BCUT2D eigenvalue weighted by Gasteiger charge is 2.26. The number of amides is 1. The Hall–Kier alpha value is -1.62. The predicted molar refractivity (Wildman–Crippen MR) is 78.7 cm³/mol. The highest BCUT2D eigenvalue weighted by molar-refractivity contribution is 5.94. The van der Waals surface area contributed by atoms with Crippen LogP contribution in [-0.2, 0) is 0 Å². The Labute approximate surface area is 120 Å². The molecule has 1 atom stereocenters. The van der Waals surface area contributed by atoms with Crippen molar-refractivity contribution in [3.05, 3.63) is 23.9 Å². The summed E-state index contributed by atoms with van der Waals surface area (Å²) in [6.07, 6.45) is 3.08. The molecule has 1 unspecified atom stereocenters. The SMILES string of the molecule is CCNc1ccc(C(=O)N2CCC(C(C)O)CC2)cn1. The molecule has 1 aliphatic heterocycles. The average molecular weight is 277 g/mol. The number of piperidine rings is 1. The molecule has 20 heavy (non-hydrogen) atoms. The summed E-state index contributed by atoms with van der Waals surface area (Å²) in [6, 6.07) is 3.65. The number of nitrogens with zero attached hydrogens (tertiary/aromatic N) is 2. The molecule has 1 aromatic rings. The van der Waals surface area contributed by atoms with Gasteiger partial charge in [-0.25, -0.2) is 4.98 Å². The number of hydrogen-bond acceptors (Lipinski definition) is 4. The van der Waals surface area contributed by atoms with Gasteiger partial charge < -0.3 is 15.3 Å². The minimum absolute atomic E-state index is 0.0320. The van der Waals surface area contributed by atoms with Crippen LogP contribution in [0.5, 0.6) is 0 Å². The van der Waals surface area contributed by atoms with Crippen LogP contribution < -0.4 is 5.32 Å². The molecule has 110 valence electrons. The van der Waals surface area contributed by atoms with Gasteiger partial charge in [0.05, 0.1) is 11.7 Å². The van der Waals surface area contributed by atoms with E-state index in [1.807, 2.05) is 30.9 Å². The molecule has 0 aliphatic carbocycles. The van der Waals surface area contributed by atoms with E-state index in [1.165, 1.54) is 0 Å². The van der Waals surface area contributed by atoms with Crippen molar-refractivity contribution >= 4 is 11.7 Å². The van der Waals surface area contributed by atoms with Gasteiger partial charge >= 0.3 is 0 Å². The molecule has 1 amide bonds. The van der Waals surface area contributed by atoms with E-state index < -0.39 is 0 Å². The third-order valence-corrected chi connectivity index (χ3v) is 3.88. The van der Waals surface area contributed by atoms with Crippen molar-refractivity contribution in [3.8, 4) is 0 Å². The Bertz CT molecular complexity index is 437. The van der Waals surface area contributed by atoms with Crippen LogP contribution in [0.4, 0.5) is 5.82 Å². The number of likely N-dealkylation sites (tertiary alicyclic amines) is 1. The van der Waals surface area contributed by atoms with Crippen LogP contribution in [0.2, 0.25) is 0 Å². The average Bonchev–Trinajstić information content (AvgIpc) is 2.48. The van der Waals surface area contributed by atoms with E-state index in [-0.39, 0.29) is 12.0 Å². The van der Waals surface area contributed by atoms with E-state index in [9.17, 15) is 9.90 Å². The fraction of sp³-hybridized carbons (Fsp3) is 0.600. The highest BCUT2D eigenvalue weighted by atomic mass is 16.3. The summed E-state index contributed by atoms with van der Waals surface area (Å²) in [5.74, 6) is 1.13. The normalized spacial score (nSPS) is 17.9. The summed E-state index contributed by atoms with van der Waals surface area (Å²) in [7, 11) is 0. The number of pyridine rings is 1. The summed E-state index contributed by atoms with van der Waals surface area (Å²) in [5, 5.41) is 12.7. The second-order valence-electron chi connectivity index (χ2n) is 5.33. The fourth-order valence-electron chi connectivity index (χ4n) is 2.57. The Kier molecular flexibility index (Phi) is 4.95. The van der Waals surface area contributed by atoms with E-state index >= 15 is 0 Å². The Morgan fingerprint density at radius 3 is 2.70 bits per heavy atom. The van der Waals surface area contributed by atoms with Crippen LogP contribution in [0.1, 0.15) is 37.0 Å². The minimum Gasteiger partial charge on any atom is -0.393 e. The molecule has 2 rings (SSSR count). The third kappa shape index (κ3) is 3.48. The van der Waals surface area contributed by atoms with E-state index in [2.05, 4.69) is 10.3 Å². The van der Waals surface area contributed by atoms with E-state index in [0.717, 1.165) is 25.2 Å². The number of aromatic nitrogens is 1. The molecule has 0 radical (unpaired) electrons. The lowest BCUT2D eigenvalue weighted by atomic mass is 9.92. The Morgan fingerprint density at radius 1 is 1.50 bits per heavy atom. The quantitative estimate of drug-likeness (QED) is 0.880. The van der Waals surface area contributed by atoms with Crippen molar-refractivity contribution in [2.75, 3.05) is 25.0 Å². The number of anilines is 1. The minimum atomic E-state index is -0.284. The maximum atomic E-state index is 12.3. The van der Waals surface area contributed by atoms with Crippen LogP contribution in [0.3, 0.4) is 0 Å². The molecule has 0 bridgehead atoms. The molecule has 1 fully saturated rings. The number of carbonyl (C=O) groups excluding carboxylic acids is 1. The maximum absolute atomic E-state index is 12.3. The van der Waals surface area contributed by atoms with Gasteiger partial charge in [0, 0.05) is 25.8 Å². The van der Waals surface area contributed by atoms with Crippen LogP contribution in [-0.4, -0.2) is 46.6 Å². The van der Waals surface area contributed by atoms with Gasteiger partial charge in [0.25, 0.3) is 5.91 Å². The summed E-state index contributed by atoms with van der Waals surface area (Å²) in [4.78, 5) is 18.4. The number of carbonyl (C=O) groups is 1. The molecular weight excluding hydrogens is 254 g/mol. The highest BCUT2D eigenvalue weighted by Crippen LogP contribution is 2.21. The smallest absolute Gasteiger partial charge is 0.255 e.